The normalized spacial score (nSPS) is 17.0. The lowest BCUT2D eigenvalue weighted by Gasteiger charge is -2.27. The number of imidazole rings is 1. The van der Waals surface area contributed by atoms with Crippen LogP contribution in [0.4, 0.5) is 4.39 Å². The van der Waals surface area contributed by atoms with E-state index in [4.69, 9.17) is 19.1 Å². The van der Waals surface area contributed by atoms with Gasteiger partial charge in [0.05, 0.1) is 11.1 Å². The predicted octanol–water partition coefficient (Wildman–Crippen LogP) is 4.90. The van der Waals surface area contributed by atoms with Gasteiger partial charge >= 0.3 is 12.0 Å². The van der Waals surface area contributed by atoms with Crippen LogP contribution >= 0.6 is 0 Å². The number of fused-ring (bicyclic) bond motifs is 1. The van der Waals surface area contributed by atoms with Crippen molar-refractivity contribution < 1.29 is 28.3 Å². The highest BCUT2D eigenvalue weighted by atomic mass is 19.1. The molecule has 1 fully saturated rings. The zero-order chi connectivity index (χ0) is 28.3. The molecule has 4 aromatic heterocycles. The highest BCUT2D eigenvalue weighted by Gasteiger charge is 2.24. The lowest BCUT2D eigenvalue weighted by molar-refractivity contribution is -0.138. The van der Waals surface area contributed by atoms with Crippen molar-refractivity contribution in [3.63, 3.8) is 0 Å². The monoisotopic (exact) mass is 559 g/mol. The van der Waals surface area contributed by atoms with Crippen molar-refractivity contribution in [3.05, 3.63) is 60.3 Å². The van der Waals surface area contributed by atoms with Crippen LogP contribution in [-0.4, -0.2) is 52.2 Å². The van der Waals surface area contributed by atoms with E-state index in [1.54, 1.807) is 43.6 Å². The van der Waals surface area contributed by atoms with Crippen molar-refractivity contribution in [2.75, 3.05) is 0 Å². The van der Waals surface area contributed by atoms with Gasteiger partial charge in [-0.05, 0) is 62.3 Å². The molecule has 0 saturated heterocycles. The molecule has 1 aliphatic rings. The summed E-state index contributed by atoms with van der Waals surface area (Å²) in [7, 11) is 0. The molecule has 0 bridgehead atoms. The second-order valence-electron chi connectivity index (χ2n) is 9.94. The third-order valence-corrected chi connectivity index (χ3v) is 6.95. The Labute approximate surface area is 233 Å². The van der Waals surface area contributed by atoms with E-state index in [1.807, 2.05) is 0 Å². The number of halogens is 1. The minimum absolute atomic E-state index is 0.0434. The number of aromatic amines is 1. The predicted molar refractivity (Wildman–Crippen MR) is 142 cm³/mol. The summed E-state index contributed by atoms with van der Waals surface area (Å²) in [5.41, 5.74) is 2.53. The summed E-state index contributed by atoms with van der Waals surface area (Å²) in [4.78, 5) is 35.5. The van der Waals surface area contributed by atoms with Crippen LogP contribution in [0, 0.1) is 18.7 Å². The van der Waals surface area contributed by atoms with Crippen LogP contribution in [0.2, 0.25) is 0 Å². The first-order valence-corrected chi connectivity index (χ1v) is 13.2. The number of aliphatic carboxylic acids is 1. The van der Waals surface area contributed by atoms with E-state index in [-0.39, 0.29) is 36.6 Å². The van der Waals surface area contributed by atoms with Crippen LogP contribution in [0.25, 0.3) is 33.7 Å². The number of nitrogens with zero attached hydrogens (tertiary/aromatic N) is 6. The average molecular weight is 560 g/mol. The Morgan fingerprint density at radius 1 is 1.07 bits per heavy atom. The molecule has 0 aliphatic heterocycles. The van der Waals surface area contributed by atoms with Gasteiger partial charge in [-0.2, -0.15) is 9.97 Å². The second-order valence-corrected chi connectivity index (χ2v) is 9.94. The Bertz CT molecular complexity index is 1680. The summed E-state index contributed by atoms with van der Waals surface area (Å²) in [5.74, 6) is 0.455. The third kappa shape index (κ3) is 6.13. The fourth-order valence-corrected chi connectivity index (χ4v) is 4.88. The molecule has 12 nitrogen and oxygen atoms in total. The number of H-pyrrole nitrogens is 1. The minimum atomic E-state index is -0.764. The van der Waals surface area contributed by atoms with E-state index < -0.39 is 11.8 Å². The van der Waals surface area contributed by atoms with Gasteiger partial charge in [0.15, 0.2) is 18.1 Å². The SMILES string of the molecule is Cc1noc(COc2ccc3[nH]c(-c4ccc(-c5cnc(OC6CCC(CC(=O)O)CC6)nc5)cc4F)nc3n2)n1. The standard InChI is InChI=1S/C28H26FN7O5/c1-15-32-24(41-36-15)14-39-23-9-8-22-27(34-23)35-26(33-22)20-7-4-17(11-21(20)29)18-12-30-28(31-13-18)40-19-5-2-16(3-6-19)10-25(37)38/h4,7-9,11-13,16,19H,2-3,5-6,10,14H2,1H3,(H,37,38)(H,33,34,35). The van der Waals surface area contributed by atoms with Crippen LogP contribution in [0.15, 0.2) is 47.2 Å². The first-order valence-electron chi connectivity index (χ1n) is 13.2. The lowest BCUT2D eigenvalue weighted by atomic mass is 9.85. The van der Waals surface area contributed by atoms with Crippen LogP contribution in [-0.2, 0) is 11.4 Å². The smallest absolute Gasteiger partial charge is 0.316 e. The minimum Gasteiger partial charge on any atom is -0.481 e. The van der Waals surface area contributed by atoms with E-state index in [9.17, 15) is 4.79 Å². The van der Waals surface area contributed by atoms with Crippen LogP contribution < -0.4 is 9.47 Å². The van der Waals surface area contributed by atoms with E-state index >= 15 is 4.39 Å². The van der Waals surface area contributed by atoms with Gasteiger partial charge in [-0.15, -0.1) is 0 Å². The molecule has 4 heterocycles. The van der Waals surface area contributed by atoms with Gasteiger partial charge in [0, 0.05) is 30.4 Å². The van der Waals surface area contributed by atoms with E-state index in [0.29, 0.717) is 45.7 Å². The number of carbonyl (C=O) groups is 1. The Kier molecular flexibility index (Phi) is 7.23. The molecule has 210 valence electrons. The van der Waals surface area contributed by atoms with Crippen molar-refractivity contribution in [1.82, 2.24) is 35.1 Å². The maximum absolute atomic E-state index is 15.2. The molecule has 41 heavy (non-hydrogen) atoms. The number of pyridine rings is 1. The van der Waals surface area contributed by atoms with Crippen molar-refractivity contribution in [1.29, 1.82) is 0 Å². The summed E-state index contributed by atoms with van der Waals surface area (Å²) in [5, 5.41) is 12.7. The molecule has 1 aromatic carbocycles. The van der Waals surface area contributed by atoms with Gasteiger partial charge < -0.3 is 24.1 Å². The highest BCUT2D eigenvalue weighted by Crippen LogP contribution is 2.30. The Morgan fingerprint density at radius 2 is 1.88 bits per heavy atom. The van der Waals surface area contributed by atoms with Crippen molar-refractivity contribution in [2.45, 2.75) is 51.7 Å². The molecule has 6 rings (SSSR count). The van der Waals surface area contributed by atoms with E-state index in [0.717, 1.165) is 25.7 Å². The fourth-order valence-electron chi connectivity index (χ4n) is 4.88. The number of nitrogens with one attached hydrogen (secondary N) is 1. The summed E-state index contributed by atoms with van der Waals surface area (Å²) in [6.07, 6.45) is 6.47. The number of hydrogen-bond donors (Lipinski definition) is 2. The molecule has 1 aliphatic carbocycles. The first-order chi connectivity index (χ1) is 19.9. The number of rotatable bonds is 9. The topological polar surface area (TPSA) is 162 Å². The second kappa shape index (κ2) is 11.3. The van der Waals surface area contributed by atoms with Gasteiger partial charge in [0.1, 0.15) is 17.7 Å². The van der Waals surface area contributed by atoms with Gasteiger partial charge in [-0.1, -0.05) is 11.2 Å². The van der Waals surface area contributed by atoms with Gasteiger partial charge in [-0.25, -0.2) is 19.3 Å². The van der Waals surface area contributed by atoms with Crippen LogP contribution in [0.1, 0.15) is 43.8 Å². The first kappa shape index (κ1) is 26.3. The molecule has 5 aromatic rings. The number of aryl methyl sites for hydroxylation is 1. The number of benzene rings is 1. The zero-order valence-electron chi connectivity index (χ0n) is 22.1. The molecule has 0 unspecified atom stereocenters. The highest BCUT2D eigenvalue weighted by molar-refractivity contribution is 5.77. The molecule has 13 heteroatoms. The third-order valence-electron chi connectivity index (χ3n) is 6.95. The maximum atomic E-state index is 15.2. The van der Waals surface area contributed by atoms with Crippen molar-refractivity contribution in [2.24, 2.45) is 5.92 Å². The molecule has 1 saturated carbocycles. The summed E-state index contributed by atoms with van der Waals surface area (Å²) in [6, 6.07) is 8.48. The lowest BCUT2D eigenvalue weighted by Crippen LogP contribution is -2.25. The number of aromatic nitrogens is 7. The fraction of sp³-hybridized carbons (Fsp3) is 0.321. The van der Waals surface area contributed by atoms with Gasteiger partial charge in [-0.3, -0.25) is 4.79 Å². The van der Waals surface area contributed by atoms with Crippen molar-refractivity contribution in [3.8, 4) is 34.4 Å². The maximum Gasteiger partial charge on any atom is 0.316 e. The Hall–Kier alpha value is -4.94. The molecular formula is C28H26FN7O5. The number of hydrogen-bond acceptors (Lipinski definition) is 10. The quantitative estimate of drug-likeness (QED) is 0.252. The number of carboxylic acid groups (broad SMARTS) is 1. The summed E-state index contributed by atoms with van der Waals surface area (Å²) in [6.45, 7) is 1.79. The molecule has 0 spiro atoms. The van der Waals surface area contributed by atoms with Crippen LogP contribution in [0.3, 0.4) is 0 Å². The van der Waals surface area contributed by atoms with Crippen LogP contribution in [0.5, 0.6) is 11.9 Å². The summed E-state index contributed by atoms with van der Waals surface area (Å²) < 4.78 is 31.7. The molecule has 0 atom stereocenters. The van der Waals surface area contributed by atoms with Gasteiger partial charge in [0.25, 0.3) is 5.89 Å². The average Bonchev–Trinajstić information content (AvgIpc) is 3.58. The Morgan fingerprint density at radius 3 is 2.59 bits per heavy atom. The van der Waals surface area contributed by atoms with Gasteiger partial charge in [0.2, 0.25) is 5.88 Å². The molecule has 0 amide bonds. The molecule has 0 radical (unpaired) electrons. The number of ether oxygens (including phenoxy) is 2. The Balaban J connectivity index is 1.10. The van der Waals surface area contributed by atoms with E-state index in [2.05, 4.69) is 35.1 Å². The van der Waals surface area contributed by atoms with Crippen molar-refractivity contribution >= 4 is 17.1 Å². The largest absolute Gasteiger partial charge is 0.481 e. The summed E-state index contributed by atoms with van der Waals surface area (Å²) >= 11 is 0. The van der Waals surface area contributed by atoms with E-state index in [1.165, 1.54) is 6.07 Å². The number of carboxylic acids is 1. The molecule has 2 N–H and O–H groups in total. The zero-order valence-corrected chi connectivity index (χ0v) is 22.1. The molecular weight excluding hydrogens is 533 g/mol.